The van der Waals surface area contributed by atoms with Gasteiger partial charge in [0.25, 0.3) is 0 Å². The molecule has 1 aliphatic rings. The zero-order valence-electron chi connectivity index (χ0n) is 19.0. The van der Waals surface area contributed by atoms with E-state index in [0.29, 0.717) is 43.6 Å². The molecular formula is C22H28N6O3S. The van der Waals surface area contributed by atoms with Gasteiger partial charge in [0.15, 0.2) is 5.82 Å². The Balaban J connectivity index is 1.53. The van der Waals surface area contributed by atoms with Crippen molar-refractivity contribution < 1.29 is 13.2 Å². The highest BCUT2D eigenvalue weighted by Gasteiger charge is 2.29. The second-order valence-electron chi connectivity index (χ2n) is 7.99. The molecule has 32 heavy (non-hydrogen) atoms. The lowest BCUT2D eigenvalue weighted by molar-refractivity contribution is 0.383. The van der Waals surface area contributed by atoms with Gasteiger partial charge >= 0.3 is 0 Å². The Hall–Kier alpha value is -2.98. The van der Waals surface area contributed by atoms with Gasteiger partial charge in [-0.05, 0) is 57.5 Å². The molecule has 0 saturated carbocycles. The van der Waals surface area contributed by atoms with Crippen molar-refractivity contribution in [3.8, 4) is 11.6 Å². The third-order valence-electron chi connectivity index (χ3n) is 5.60. The summed E-state index contributed by atoms with van der Waals surface area (Å²) in [6.45, 7) is 9.48. The molecule has 3 heterocycles. The van der Waals surface area contributed by atoms with E-state index >= 15 is 0 Å². The number of methoxy groups -OCH3 is 1. The van der Waals surface area contributed by atoms with E-state index in [2.05, 4.69) is 20.0 Å². The molecule has 1 fully saturated rings. The molecule has 0 bridgehead atoms. The van der Waals surface area contributed by atoms with Crippen LogP contribution in [0, 0.1) is 27.7 Å². The van der Waals surface area contributed by atoms with Crippen LogP contribution in [0.2, 0.25) is 0 Å². The topological polar surface area (TPSA) is 93.5 Å². The fraction of sp³-hybridized carbons (Fsp3) is 0.409. The van der Waals surface area contributed by atoms with Gasteiger partial charge in [-0.15, -0.1) is 0 Å². The van der Waals surface area contributed by atoms with Gasteiger partial charge < -0.3 is 9.64 Å². The monoisotopic (exact) mass is 456 g/mol. The second-order valence-corrected chi connectivity index (χ2v) is 9.93. The number of hydrogen-bond donors (Lipinski definition) is 0. The van der Waals surface area contributed by atoms with Crippen molar-refractivity contribution in [3.63, 3.8) is 0 Å². The molecule has 1 saturated heterocycles. The Morgan fingerprint density at radius 1 is 0.906 bits per heavy atom. The molecule has 0 N–H and O–H groups in total. The number of benzene rings is 1. The first kappa shape index (κ1) is 22.2. The summed E-state index contributed by atoms with van der Waals surface area (Å²) >= 11 is 0. The van der Waals surface area contributed by atoms with Crippen molar-refractivity contribution in [1.29, 1.82) is 0 Å². The van der Waals surface area contributed by atoms with Crippen LogP contribution in [0.15, 0.2) is 35.2 Å². The van der Waals surface area contributed by atoms with Crippen LogP contribution < -0.4 is 9.64 Å². The molecule has 170 valence electrons. The molecule has 4 rings (SSSR count). The maximum Gasteiger partial charge on any atom is 0.243 e. The van der Waals surface area contributed by atoms with Gasteiger partial charge in [0.1, 0.15) is 17.4 Å². The number of sulfonamides is 1. The lowest BCUT2D eigenvalue weighted by Gasteiger charge is -2.34. The summed E-state index contributed by atoms with van der Waals surface area (Å²) < 4.78 is 34.9. The van der Waals surface area contributed by atoms with Crippen LogP contribution >= 0.6 is 0 Å². The standard InChI is InChI=1S/C22H28N6O3S/c1-15-12-19(6-7-20(15)31-5)32(29,30)27-10-8-26(9-11-27)21-14-22(24-18(4)23-21)28-17(3)13-16(2)25-28/h6-7,12-14H,8-11H2,1-5H3. The Morgan fingerprint density at radius 2 is 1.59 bits per heavy atom. The van der Waals surface area contributed by atoms with E-state index < -0.39 is 10.0 Å². The van der Waals surface area contributed by atoms with Crippen molar-refractivity contribution in [2.45, 2.75) is 32.6 Å². The molecule has 0 atom stereocenters. The summed E-state index contributed by atoms with van der Waals surface area (Å²) in [4.78, 5) is 11.5. The zero-order valence-corrected chi connectivity index (χ0v) is 19.8. The highest BCUT2D eigenvalue weighted by atomic mass is 32.2. The average molecular weight is 457 g/mol. The van der Waals surface area contributed by atoms with Gasteiger partial charge in [-0.2, -0.15) is 9.40 Å². The SMILES string of the molecule is COc1ccc(S(=O)(=O)N2CCN(c3cc(-n4nc(C)cc4C)nc(C)n3)CC2)cc1C. The van der Waals surface area contributed by atoms with E-state index in [0.717, 1.165) is 22.8 Å². The maximum atomic E-state index is 13.1. The number of piperazine rings is 1. The predicted octanol–water partition coefficient (Wildman–Crippen LogP) is 2.42. The minimum atomic E-state index is -3.57. The van der Waals surface area contributed by atoms with Gasteiger partial charge in [-0.1, -0.05) is 0 Å². The molecule has 0 unspecified atom stereocenters. The number of aromatic nitrogens is 4. The smallest absolute Gasteiger partial charge is 0.243 e. The van der Waals surface area contributed by atoms with Crippen molar-refractivity contribution in [2.75, 3.05) is 38.2 Å². The number of hydrogen-bond acceptors (Lipinski definition) is 7. The van der Waals surface area contributed by atoms with E-state index in [-0.39, 0.29) is 4.90 Å². The van der Waals surface area contributed by atoms with E-state index in [4.69, 9.17) is 4.74 Å². The van der Waals surface area contributed by atoms with E-state index in [1.54, 1.807) is 30.0 Å². The summed E-state index contributed by atoms with van der Waals surface area (Å²) in [5, 5.41) is 4.52. The highest BCUT2D eigenvalue weighted by Crippen LogP contribution is 2.25. The van der Waals surface area contributed by atoms with Gasteiger partial charge in [-0.25, -0.2) is 23.1 Å². The largest absolute Gasteiger partial charge is 0.496 e. The molecule has 2 aromatic heterocycles. The van der Waals surface area contributed by atoms with Crippen molar-refractivity contribution in [2.24, 2.45) is 0 Å². The molecule has 9 nitrogen and oxygen atoms in total. The van der Waals surface area contributed by atoms with Gasteiger partial charge in [0, 0.05) is 37.9 Å². The number of rotatable bonds is 5. The molecule has 3 aromatic rings. The second kappa shape index (κ2) is 8.51. The van der Waals surface area contributed by atoms with E-state index in [9.17, 15) is 8.42 Å². The lowest BCUT2D eigenvalue weighted by atomic mass is 10.2. The molecule has 1 aromatic carbocycles. The Kier molecular flexibility index (Phi) is 5.91. The van der Waals surface area contributed by atoms with E-state index in [1.165, 1.54) is 4.31 Å². The highest BCUT2D eigenvalue weighted by molar-refractivity contribution is 7.89. The Morgan fingerprint density at radius 3 is 2.19 bits per heavy atom. The van der Waals surface area contributed by atoms with Gasteiger partial charge in [0.2, 0.25) is 10.0 Å². The first-order valence-electron chi connectivity index (χ1n) is 10.5. The number of ether oxygens (including phenoxy) is 1. The molecule has 0 spiro atoms. The quantitative estimate of drug-likeness (QED) is 0.582. The van der Waals surface area contributed by atoms with Crippen molar-refractivity contribution >= 4 is 15.8 Å². The Bertz CT molecular complexity index is 1250. The third kappa shape index (κ3) is 4.20. The van der Waals surface area contributed by atoms with Crippen LogP contribution in [0.3, 0.4) is 0 Å². The molecule has 0 aliphatic carbocycles. The third-order valence-corrected chi connectivity index (χ3v) is 7.50. The molecule has 0 amide bonds. The number of nitrogens with zero attached hydrogens (tertiary/aromatic N) is 6. The summed E-state index contributed by atoms with van der Waals surface area (Å²) in [5.41, 5.74) is 2.71. The number of aryl methyl sites for hydroxylation is 4. The lowest BCUT2D eigenvalue weighted by Crippen LogP contribution is -2.49. The minimum absolute atomic E-state index is 0.286. The summed E-state index contributed by atoms with van der Waals surface area (Å²) in [6, 6.07) is 8.87. The molecule has 0 radical (unpaired) electrons. The van der Waals surface area contributed by atoms with Crippen LogP contribution in [0.1, 0.15) is 22.8 Å². The summed E-state index contributed by atoms with van der Waals surface area (Å²) in [7, 11) is -2.00. The maximum absolute atomic E-state index is 13.1. The minimum Gasteiger partial charge on any atom is -0.496 e. The average Bonchev–Trinajstić information content (AvgIpc) is 3.11. The van der Waals surface area contributed by atoms with E-state index in [1.807, 2.05) is 39.8 Å². The Labute approximate surface area is 188 Å². The van der Waals surface area contributed by atoms with Crippen molar-refractivity contribution in [3.05, 3.63) is 53.1 Å². The first-order chi connectivity index (χ1) is 15.2. The molecular weight excluding hydrogens is 428 g/mol. The van der Waals surface area contributed by atoms with Gasteiger partial charge in [0.05, 0.1) is 17.7 Å². The number of anilines is 1. The summed E-state index contributed by atoms with van der Waals surface area (Å²) in [5.74, 6) is 2.80. The van der Waals surface area contributed by atoms with Crippen LogP contribution in [0.25, 0.3) is 5.82 Å². The predicted molar refractivity (Wildman–Crippen MR) is 122 cm³/mol. The molecule has 10 heteroatoms. The normalized spacial score (nSPS) is 15.2. The van der Waals surface area contributed by atoms with Gasteiger partial charge in [-0.3, -0.25) is 0 Å². The summed E-state index contributed by atoms with van der Waals surface area (Å²) in [6.07, 6.45) is 0. The van der Waals surface area contributed by atoms with Crippen LogP contribution in [-0.4, -0.2) is 65.8 Å². The molecule has 1 aliphatic heterocycles. The van der Waals surface area contributed by atoms with Crippen LogP contribution in [0.5, 0.6) is 5.75 Å². The fourth-order valence-electron chi connectivity index (χ4n) is 3.99. The zero-order chi connectivity index (χ0) is 23.0. The van der Waals surface area contributed by atoms with Crippen molar-refractivity contribution in [1.82, 2.24) is 24.1 Å². The van der Waals surface area contributed by atoms with Crippen LogP contribution in [-0.2, 0) is 10.0 Å². The van der Waals surface area contributed by atoms with Crippen LogP contribution in [0.4, 0.5) is 5.82 Å². The fourth-order valence-corrected chi connectivity index (χ4v) is 5.49. The first-order valence-corrected chi connectivity index (χ1v) is 11.9.